The Hall–Kier alpha value is -5.32. The first-order valence-electron chi connectivity index (χ1n) is 13.4. The molecule has 0 saturated carbocycles. The lowest BCUT2D eigenvalue weighted by molar-refractivity contribution is 0.0696. The van der Waals surface area contributed by atoms with Crippen LogP contribution in [0.15, 0.2) is 67.0 Å². The van der Waals surface area contributed by atoms with E-state index in [1.165, 1.54) is 6.07 Å². The predicted octanol–water partition coefficient (Wildman–Crippen LogP) is 5.89. The fourth-order valence-electron chi connectivity index (χ4n) is 4.37. The summed E-state index contributed by atoms with van der Waals surface area (Å²) in [5, 5.41) is 17.6. The molecular formula is C31H33N5O6. The van der Waals surface area contributed by atoms with Crippen LogP contribution in [0.2, 0.25) is 0 Å². The number of carboxylic acids is 1. The molecule has 11 nitrogen and oxygen atoms in total. The van der Waals surface area contributed by atoms with Crippen molar-refractivity contribution in [3.8, 4) is 11.1 Å². The van der Waals surface area contributed by atoms with Crippen LogP contribution in [0.1, 0.15) is 56.7 Å². The zero-order valence-corrected chi connectivity index (χ0v) is 23.9. The van der Waals surface area contributed by atoms with Crippen LogP contribution in [0.3, 0.4) is 0 Å². The topological polar surface area (TPSA) is 144 Å². The van der Waals surface area contributed by atoms with Gasteiger partial charge in [0.15, 0.2) is 0 Å². The fraction of sp³-hybridized carbons (Fsp3) is 0.226. The molecule has 4 N–H and O–H groups in total. The lowest BCUT2D eigenvalue weighted by Crippen LogP contribution is -2.15. The third kappa shape index (κ3) is 7.05. The van der Waals surface area contributed by atoms with Gasteiger partial charge in [-0.25, -0.2) is 9.59 Å². The van der Waals surface area contributed by atoms with Gasteiger partial charge in [0.1, 0.15) is 11.4 Å². The number of nitrogens with one attached hydrogen (secondary N) is 3. The number of hydrogen-bond donors (Lipinski definition) is 4. The first kappa shape index (κ1) is 29.7. The van der Waals surface area contributed by atoms with Gasteiger partial charge >= 0.3 is 12.1 Å². The number of nitrogens with zero attached hydrogens (tertiary/aromatic N) is 2. The number of carbonyl (C=O) groups excluding carboxylic acids is 3. The third-order valence-corrected chi connectivity index (χ3v) is 6.65. The molecular weight excluding hydrogens is 538 g/mol. The Labute approximate surface area is 243 Å². The molecule has 0 radical (unpaired) electrons. The molecule has 218 valence electrons. The number of ether oxygens (including phenoxy) is 1. The highest BCUT2D eigenvalue weighted by Gasteiger charge is 2.18. The third-order valence-electron chi connectivity index (χ3n) is 6.65. The number of carboxylic acid groups (broad SMARTS) is 1. The van der Waals surface area contributed by atoms with Crippen molar-refractivity contribution >= 4 is 40.9 Å². The Balaban J connectivity index is 1.40. The van der Waals surface area contributed by atoms with Crippen LogP contribution in [0.25, 0.3) is 11.1 Å². The second kappa shape index (κ2) is 12.9. The number of hydrogen-bond acceptors (Lipinski definition) is 5. The average Bonchev–Trinajstić information content (AvgIpc) is 3.50. The maximum absolute atomic E-state index is 13.0. The van der Waals surface area contributed by atoms with Gasteiger partial charge in [0, 0.05) is 32.2 Å². The van der Waals surface area contributed by atoms with Gasteiger partial charge in [-0.3, -0.25) is 14.9 Å². The summed E-state index contributed by atoms with van der Waals surface area (Å²) in [6.45, 7) is 4.22. The highest BCUT2D eigenvalue weighted by Crippen LogP contribution is 2.27. The minimum atomic E-state index is -0.997. The molecule has 0 aliphatic carbocycles. The maximum Gasteiger partial charge on any atom is 0.411 e. The van der Waals surface area contributed by atoms with Crippen molar-refractivity contribution < 1.29 is 29.0 Å². The van der Waals surface area contributed by atoms with Crippen LogP contribution >= 0.6 is 0 Å². The summed E-state index contributed by atoms with van der Waals surface area (Å²) < 4.78 is 8.28. The first-order valence-corrected chi connectivity index (χ1v) is 13.4. The molecule has 2 aromatic carbocycles. The van der Waals surface area contributed by atoms with E-state index in [-0.39, 0.29) is 11.5 Å². The Morgan fingerprint density at radius 2 is 1.36 bits per heavy atom. The molecule has 3 amide bonds. The molecule has 0 bridgehead atoms. The van der Waals surface area contributed by atoms with Crippen molar-refractivity contribution in [1.82, 2.24) is 9.13 Å². The number of amides is 3. The monoisotopic (exact) mass is 571 g/mol. The number of anilines is 3. The van der Waals surface area contributed by atoms with Crippen molar-refractivity contribution in [2.24, 2.45) is 14.1 Å². The molecule has 0 atom stereocenters. The van der Waals surface area contributed by atoms with E-state index >= 15 is 0 Å². The van der Waals surface area contributed by atoms with E-state index in [9.17, 15) is 24.3 Å². The summed E-state index contributed by atoms with van der Waals surface area (Å²) >= 11 is 0. The number of benzene rings is 2. The number of aromatic nitrogens is 2. The summed E-state index contributed by atoms with van der Waals surface area (Å²) in [5.41, 5.74) is 4.78. The van der Waals surface area contributed by atoms with E-state index in [4.69, 9.17) is 4.74 Å². The second-order valence-corrected chi connectivity index (χ2v) is 9.88. The SMILES string of the molecule is CCCCOC(=O)Nc1cc(C(=O)Nc2cc(C(=O)Nc3ccc(-c4cc(C(=O)O)ccc4C)cc3)n(C)c2)n(C)c1. The standard InChI is InChI=1S/C31H33N5O6/c1-5-6-13-42-31(41)34-24-16-27(36(4)18-24)29(38)33-23-15-26(35(3)17-23)28(37)32-22-11-9-20(10-12-22)25-14-21(30(39)40)8-7-19(25)2/h7-12,14-18H,5-6,13H2,1-4H3,(H,32,37)(H,33,38)(H,34,41)(H,39,40). The number of rotatable bonds is 10. The van der Waals surface area contributed by atoms with E-state index in [0.717, 1.165) is 29.5 Å². The van der Waals surface area contributed by atoms with Gasteiger partial charge in [0.05, 0.1) is 23.5 Å². The second-order valence-electron chi connectivity index (χ2n) is 9.88. The van der Waals surface area contributed by atoms with Gasteiger partial charge in [-0.1, -0.05) is 31.5 Å². The van der Waals surface area contributed by atoms with E-state index in [2.05, 4.69) is 16.0 Å². The summed E-state index contributed by atoms with van der Waals surface area (Å²) in [4.78, 5) is 49.3. The Morgan fingerprint density at radius 3 is 1.93 bits per heavy atom. The minimum Gasteiger partial charge on any atom is -0.478 e. The lowest BCUT2D eigenvalue weighted by atomic mass is 9.98. The van der Waals surface area contributed by atoms with Crippen molar-refractivity contribution in [1.29, 1.82) is 0 Å². The van der Waals surface area contributed by atoms with E-state index in [1.54, 1.807) is 72.0 Å². The molecule has 42 heavy (non-hydrogen) atoms. The van der Waals surface area contributed by atoms with E-state index in [1.807, 2.05) is 26.0 Å². The number of unbranched alkanes of at least 4 members (excludes halogenated alkanes) is 1. The fourth-order valence-corrected chi connectivity index (χ4v) is 4.37. The zero-order chi connectivity index (χ0) is 30.4. The van der Waals surface area contributed by atoms with Crippen molar-refractivity contribution in [3.05, 3.63) is 89.5 Å². The number of aryl methyl sites for hydroxylation is 3. The number of carbonyl (C=O) groups is 4. The molecule has 0 aliphatic rings. The van der Waals surface area contributed by atoms with Gasteiger partial charge in [-0.05, 0) is 66.4 Å². The molecule has 2 aromatic heterocycles. The normalized spacial score (nSPS) is 10.7. The Kier molecular flexibility index (Phi) is 9.11. The zero-order valence-electron chi connectivity index (χ0n) is 23.9. The van der Waals surface area contributed by atoms with Crippen LogP contribution in [0, 0.1) is 6.92 Å². The average molecular weight is 572 g/mol. The van der Waals surface area contributed by atoms with Crippen molar-refractivity contribution in [3.63, 3.8) is 0 Å². The molecule has 0 fully saturated rings. The van der Waals surface area contributed by atoms with E-state index in [0.29, 0.717) is 35.1 Å². The van der Waals surface area contributed by atoms with Gasteiger partial charge in [0.2, 0.25) is 0 Å². The van der Waals surface area contributed by atoms with E-state index < -0.39 is 18.0 Å². The molecule has 0 saturated heterocycles. The van der Waals surface area contributed by atoms with Crippen molar-refractivity contribution in [2.45, 2.75) is 26.7 Å². The van der Waals surface area contributed by atoms with Gasteiger partial charge in [-0.2, -0.15) is 0 Å². The van der Waals surface area contributed by atoms with Crippen LogP contribution in [-0.2, 0) is 18.8 Å². The predicted molar refractivity (Wildman–Crippen MR) is 160 cm³/mol. The van der Waals surface area contributed by atoms with Gasteiger partial charge < -0.3 is 29.6 Å². The maximum atomic E-state index is 13.0. The molecule has 2 heterocycles. The number of aromatic carboxylic acids is 1. The van der Waals surface area contributed by atoms with Crippen LogP contribution < -0.4 is 16.0 Å². The molecule has 0 aliphatic heterocycles. The minimum absolute atomic E-state index is 0.200. The lowest BCUT2D eigenvalue weighted by Gasteiger charge is -2.10. The quantitative estimate of drug-likeness (QED) is 0.175. The smallest absolute Gasteiger partial charge is 0.411 e. The van der Waals surface area contributed by atoms with Crippen LogP contribution in [0.5, 0.6) is 0 Å². The molecule has 11 heteroatoms. The van der Waals surface area contributed by atoms with Crippen molar-refractivity contribution in [2.75, 3.05) is 22.6 Å². The highest BCUT2D eigenvalue weighted by molar-refractivity contribution is 6.07. The summed E-state index contributed by atoms with van der Waals surface area (Å²) in [6.07, 6.45) is 4.32. The van der Waals surface area contributed by atoms with Crippen LogP contribution in [-0.4, -0.2) is 44.7 Å². The van der Waals surface area contributed by atoms with Gasteiger partial charge in [-0.15, -0.1) is 0 Å². The molecule has 0 unspecified atom stereocenters. The van der Waals surface area contributed by atoms with Crippen LogP contribution in [0.4, 0.5) is 21.9 Å². The Bertz CT molecular complexity index is 1630. The summed E-state index contributed by atoms with van der Waals surface area (Å²) in [6, 6.07) is 15.2. The first-order chi connectivity index (χ1) is 20.0. The summed E-state index contributed by atoms with van der Waals surface area (Å²) in [5.74, 6) is -1.79. The molecule has 4 aromatic rings. The largest absolute Gasteiger partial charge is 0.478 e. The molecule has 4 rings (SSSR count). The highest BCUT2D eigenvalue weighted by atomic mass is 16.5. The summed E-state index contributed by atoms with van der Waals surface area (Å²) in [7, 11) is 3.38. The Morgan fingerprint density at radius 1 is 0.786 bits per heavy atom. The van der Waals surface area contributed by atoms with Gasteiger partial charge in [0.25, 0.3) is 11.8 Å². The molecule has 0 spiro atoms.